The van der Waals surface area contributed by atoms with E-state index in [1.165, 1.54) is 17.8 Å². The molecule has 2 aromatic heterocycles. The molecule has 0 spiro atoms. The molecule has 6 nitrogen and oxygen atoms in total. The van der Waals surface area contributed by atoms with Crippen LogP contribution >= 0.6 is 11.8 Å². The second-order valence-corrected chi connectivity index (χ2v) is 3.86. The number of rotatable bonds is 2. The first-order valence-electron chi connectivity index (χ1n) is 4.09. The summed E-state index contributed by atoms with van der Waals surface area (Å²) in [5.41, 5.74) is 5.41. The Morgan fingerprint density at radius 2 is 2.43 bits per heavy atom. The highest BCUT2D eigenvalue weighted by Gasteiger charge is 2.08. The SMILES string of the molecule is CCSc1nnc2[nH]c(=O)cc(N)n12. The van der Waals surface area contributed by atoms with Gasteiger partial charge in [0.15, 0.2) is 5.16 Å². The van der Waals surface area contributed by atoms with E-state index in [2.05, 4.69) is 15.2 Å². The molecule has 0 saturated carbocycles. The summed E-state index contributed by atoms with van der Waals surface area (Å²) in [7, 11) is 0. The minimum absolute atomic E-state index is 0.268. The van der Waals surface area contributed by atoms with E-state index in [9.17, 15) is 4.79 Å². The van der Waals surface area contributed by atoms with Crippen LogP contribution in [0.15, 0.2) is 16.0 Å². The predicted molar refractivity (Wildman–Crippen MR) is 54.4 cm³/mol. The number of thioether (sulfide) groups is 1. The van der Waals surface area contributed by atoms with E-state index in [0.29, 0.717) is 16.8 Å². The van der Waals surface area contributed by atoms with Gasteiger partial charge < -0.3 is 5.73 Å². The van der Waals surface area contributed by atoms with Crippen molar-refractivity contribution < 1.29 is 0 Å². The minimum atomic E-state index is -0.268. The Morgan fingerprint density at radius 1 is 1.64 bits per heavy atom. The summed E-state index contributed by atoms with van der Waals surface area (Å²) < 4.78 is 1.62. The van der Waals surface area contributed by atoms with Crippen molar-refractivity contribution in [2.75, 3.05) is 11.5 Å². The van der Waals surface area contributed by atoms with Gasteiger partial charge in [0.25, 0.3) is 5.56 Å². The lowest BCUT2D eigenvalue weighted by Crippen LogP contribution is -2.11. The highest BCUT2D eigenvalue weighted by molar-refractivity contribution is 7.99. The zero-order valence-corrected chi connectivity index (χ0v) is 8.34. The van der Waals surface area contributed by atoms with Crippen molar-refractivity contribution in [1.29, 1.82) is 0 Å². The van der Waals surface area contributed by atoms with E-state index >= 15 is 0 Å². The number of aromatic nitrogens is 4. The molecule has 14 heavy (non-hydrogen) atoms. The number of nitrogens with two attached hydrogens (primary N) is 1. The third kappa shape index (κ3) is 1.35. The van der Waals surface area contributed by atoms with Gasteiger partial charge in [0, 0.05) is 6.07 Å². The van der Waals surface area contributed by atoms with Crippen molar-refractivity contribution in [1.82, 2.24) is 19.6 Å². The Hall–Kier alpha value is -1.50. The van der Waals surface area contributed by atoms with E-state index in [4.69, 9.17) is 5.73 Å². The smallest absolute Gasteiger partial charge is 0.254 e. The van der Waals surface area contributed by atoms with Gasteiger partial charge in [0.1, 0.15) is 5.82 Å². The monoisotopic (exact) mass is 211 g/mol. The third-order valence-corrected chi connectivity index (χ3v) is 2.49. The Bertz CT molecular complexity index is 516. The lowest BCUT2D eigenvalue weighted by Gasteiger charge is -1.99. The summed E-state index contributed by atoms with van der Waals surface area (Å²) in [5, 5.41) is 8.42. The molecule has 2 rings (SSSR count). The third-order valence-electron chi connectivity index (χ3n) is 1.68. The maximum atomic E-state index is 11.0. The molecule has 0 unspecified atom stereocenters. The van der Waals surface area contributed by atoms with Crippen molar-refractivity contribution >= 4 is 23.4 Å². The zero-order chi connectivity index (χ0) is 10.1. The number of aromatic amines is 1. The van der Waals surface area contributed by atoms with E-state index in [-0.39, 0.29) is 5.56 Å². The summed E-state index contributed by atoms with van der Waals surface area (Å²) in [6.45, 7) is 2.01. The van der Waals surface area contributed by atoms with Crippen molar-refractivity contribution in [2.24, 2.45) is 0 Å². The number of anilines is 1. The molecular weight excluding hydrogens is 202 g/mol. The number of fused-ring (bicyclic) bond motifs is 1. The number of hydrogen-bond acceptors (Lipinski definition) is 5. The largest absolute Gasteiger partial charge is 0.385 e. The Balaban J connectivity index is 2.72. The van der Waals surface area contributed by atoms with Gasteiger partial charge in [-0.2, -0.15) is 0 Å². The highest BCUT2D eigenvalue weighted by Crippen LogP contribution is 2.16. The quantitative estimate of drug-likeness (QED) is 0.688. The number of nitrogen functional groups attached to an aromatic ring is 1. The number of nitrogens with zero attached hydrogens (tertiary/aromatic N) is 3. The van der Waals surface area contributed by atoms with Crippen LogP contribution in [0.5, 0.6) is 0 Å². The number of H-pyrrole nitrogens is 1. The Morgan fingerprint density at radius 3 is 3.14 bits per heavy atom. The lowest BCUT2D eigenvalue weighted by molar-refractivity contribution is 0.924. The van der Waals surface area contributed by atoms with Gasteiger partial charge in [-0.1, -0.05) is 18.7 Å². The summed E-state index contributed by atoms with van der Waals surface area (Å²) in [6.07, 6.45) is 0. The predicted octanol–water partition coefficient (Wildman–Crippen LogP) is 0.112. The minimum Gasteiger partial charge on any atom is -0.385 e. The normalized spacial score (nSPS) is 10.9. The Kier molecular flexibility index (Phi) is 2.16. The first kappa shape index (κ1) is 9.07. The van der Waals surface area contributed by atoms with Crippen molar-refractivity contribution in [3.8, 4) is 0 Å². The van der Waals surface area contributed by atoms with Gasteiger partial charge in [-0.25, -0.2) is 4.40 Å². The first-order valence-corrected chi connectivity index (χ1v) is 5.07. The van der Waals surface area contributed by atoms with Crippen molar-refractivity contribution in [3.05, 3.63) is 16.4 Å². The molecule has 0 saturated heterocycles. The fraction of sp³-hybridized carbons (Fsp3) is 0.286. The molecular formula is C7H9N5OS. The van der Waals surface area contributed by atoms with Gasteiger partial charge in [0.05, 0.1) is 0 Å². The summed E-state index contributed by atoms with van der Waals surface area (Å²) in [5.74, 6) is 1.61. The lowest BCUT2D eigenvalue weighted by atomic mass is 10.6. The fourth-order valence-corrected chi connectivity index (χ4v) is 1.83. The second-order valence-electron chi connectivity index (χ2n) is 2.63. The van der Waals surface area contributed by atoms with Crippen LogP contribution in [0.3, 0.4) is 0 Å². The standard InChI is InChI=1S/C7H9N5OS/c1-2-14-7-11-10-6-9-5(13)3-4(8)12(6)7/h3H,2,8H2,1H3,(H,9,10,13). The molecule has 0 radical (unpaired) electrons. The van der Waals surface area contributed by atoms with Crippen LogP contribution in [0.2, 0.25) is 0 Å². The maximum Gasteiger partial charge on any atom is 0.254 e. The average molecular weight is 211 g/mol. The van der Waals surface area contributed by atoms with Gasteiger partial charge in [-0.05, 0) is 5.75 Å². The highest BCUT2D eigenvalue weighted by atomic mass is 32.2. The zero-order valence-electron chi connectivity index (χ0n) is 7.52. The Labute approximate surface area is 83.5 Å². The van der Waals surface area contributed by atoms with Crippen LogP contribution in [-0.2, 0) is 0 Å². The summed E-state index contributed by atoms with van der Waals surface area (Å²) in [6, 6.07) is 1.32. The van der Waals surface area contributed by atoms with Crippen LogP contribution in [0, 0.1) is 0 Å². The maximum absolute atomic E-state index is 11.0. The van der Waals surface area contributed by atoms with Crippen molar-refractivity contribution in [2.45, 2.75) is 12.1 Å². The number of nitrogens with one attached hydrogen (secondary N) is 1. The first-order chi connectivity index (χ1) is 6.72. The molecule has 0 atom stereocenters. The molecule has 0 bridgehead atoms. The summed E-state index contributed by atoms with van der Waals surface area (Å²) in [4.78, 5) is 13.6. The van der Waals surface area contributed by atoms with Gasteiger partial charge in [-0.15, -0.1) is 10.2 Å². The fourth-order valence-electron chi connectivity index (χ4n) is 1.15. The average Bonchev–Trinajstić information content (AvgIpc) is 2.49. The van der Waals surface area contributed by atoms with Gasteiger partial charge in [0.2, 0.25) is 5.78 Å². The topological polar surface area (TPSA) is 89.1 Å². The molecule has 3 N–H and O–H groups in total. The van der Waals surface area contributed by atoms with E-state index in [1.807, 2.05) is 6.92 Å². The second kappa shape index (κ2) is 3.33. The molecule has 0 fully saturated rings. The summed E-state index contributed by atoms with van der Waals surface area (Å²) >= 11 is 1.52. The van der Waals surface area contributed by atoms with Gasteiger partial charge in [-0.3, -0.25) is 9.78 Å². The molecule has 2 heterocycles. The van der Waals surface area contributed by atoms with Crippen molar-refractivity contribution in [3.63, 3.8) is 0 Å². The molecule has 0 aliphatic heterocycles. The number of hydrogen-bond donors (Lipinski definition) is 2. The van der Waals surface area contributed by atoms with Crippen LogP contribution in [0.4, 0.5) is 5.82 Å². The molecule has 0 aliphatic carbocycles. The van der Waals surface area contributed by atoms with Crippen LogP contribution in [-0.4, -0.2) is 25.3 Å². The molecule has 0 amide bonds. The van der Waals surface area contributed by atoms with Crippen LogP contribution in [0.1, 0.15) is 6.92 Å². The molecule has 2 aromatic rings. The molecule has 74 valence electrons. The molecule has 0 aromatic carbocycles. The van der Waals surface area contributed by atoms with E-state index in [0.717, 1.165) is 5.75 Å². The van der Waals surface area contributed by atoms with Gasteiger partial charge >= 0.3 is 0 Å². The van der Waals surface area contributed by atoms with E-state index in [1.54, 1.807) is 4.40 Å². The van der Waals surface area contributed by atoms with Crippen LogP contribution in [0.25, 0.3) is 5.78 Å². The molecule has 0 aliphatic rings. The molecule has 7 heteroatoms. The van der Waals surface area contributed by atoms with Crippen LogP contribution < -0.4 is 11.3 Å². The van der Waals surface area contributed by atoms with E-state index < -0.39 is 0 Å².